The molecule has 0 radical (unpaired) electrons. The predicted octanol–water partition coefficient (Wildman–Crippen LogP) is 4.71. The first-order chi connectivity index (χ1) is 8.58. The molecule has 1 aromatic carbocycles. The van der Waals surface area contributed by atoms with Gasteiger partial charge in [0.25, 0.3) is 0 Å². The number of halogens is 2. The van der Waals surface area contributed by atoms with E-state index in [9.17, 15) is 0 Å². The monoisotopic (exact) mass is 370 g/mol. The van der Waals surface area contributed by atoms with Crippen LogP contribution in [0.3, 0.4) is 0 Å². The van der Waals surface area contributed by atoms with Gasteiger partial charge in [-0.15, -0.1) is 0 Å². The first-order valence-corrected chi connectivity index (χ1v) is 7.89. The first kappa shape index (κ1) is 13.8. The lowest BCUT2D eigenvalue weighted by Crippen LogP contribution is -2.01. The second-order valence-corrected chi connectivity index (χ2v) is 5.75. The molecule has 2 nitrogen and oxygen atoms in total. The van der Waals surface area contributed by atoms with Gasteiger partial charge >= 0.3 is 0 Å². The van der Waals surface area contributed by atoms with Gasteiger partial charge in [0.1, 0.15) is 0 Å². The average molecular weight is 372 g/mol. The van der Waals surface area contributed by atoms with Crippen molar-refractivity contribution in [3.8, 4) is 5.69 Å². The molecule has 1 heterocycles. The van der Waals surface area contributed by atoms with E-state index in [1.165, 1.54) is 16.8 Å². The summed E-state index contributed by atoms with van der Waals surface area (Å²) in [5.41, 5.74) is 6.03. The number of rotatable bonds is 3. The van der Waals surface area contributed by atoms with Crippen LogP contribution in [0.15, 0.2) is 22.7 Å². The summed E-state index contributed by atoms with van der Waals surface area (Å²) in [5, 5.41) is 5.51. The fraction of sp³-hybridized carbons (Fsp3) is 0.357. The third-order valence-corrected chi connectivity index (χ3v) is 4.47. The van der Waals surface area contributed by atoms with E-state index in [4.69, 9.17) is 0 Å². The van der Waals surface area contributed by atoms with Crippen molar-refractivity contribution < 1.29 is 0 Å². The number of aromatic nitrogens is 2. The Kier molecular flexibility index (Phi) is 4.28. The Morgan fingerprint density at radius 2 is 2.00 bits per heavy atom. The first-order valence-electron chi connectivity index (χ1n) is 5.98. The molecule has 96 valence electrons. The molecule has 0 bridgehead atoms. The quantitative estimate of drug-likeness (QED) is 0.714. The van der Waals surface area contributed by atoms with Crippen molar-refractivity contribution in [1.29, 1.82) is 0 Å². The number of benzene rings is 1. The molecule has 0 N–H and O–H groups in total. The summed E-state index contributed by atoms with van der Waals surface area (Å²) >= 11 is 7.10. The van der Waals surface area contributed by atoms with Gasteiger partial charge < -0.3 is 0 Å². The van der Waals surface area contributed by atoms with E-state index in [2.05, 4.69) is 75.9 Å². The lowest BCUT2D eigenvalue weighted by molar-refractivity contribution is 0.828. The van der Waals surface area contributed by atoms with Crippen molar-refractivity contribution in [2.75, 3.05) is 0 Å². The van der Waals surface area contributed by atoms with Gasteiger partial charge in [-0.1, -0.05) is 28.9 Å². The van der Waals surface area contributed by atoms with E-state index < -0.39 is 0 Å². The van der Waals surface area contributed by atoms with Gasteiger partial charge in [0.05, 0.1) is 11.4 Å². The van der Waals surface area contributed by atoms with E-state index in [-0.39, 0.29) is 0 Å². The van der Waals surface area contributed by atoms with Crippen molar-refractivity contribution in [3.63, 3.8) is 0 Å². The maximum absolute atomic E-state index is 4.64. The molecule has 0 aliphatic carbocycles. The van der Waals surface area contributed by atoms with Crippen LogP contribution in [0.2, 0.25) is 0 Å². The minimum Gasteiger partial charge on any atom is -0.236 e. The molecule has 4 heteroatoms. The molecule has 2 rings (SSSR count). The Labute approximate surface area is 125 Å². The van der Waals surface area contributed by atoms with Gasteiger partial charge in [0.2, 0.25) is 0 Å². The van der Waals surface area contributed by atoms with E-state index in [1.54, 1.807) is 0 Å². The Balaban J connectivity index is 2.55. The van der Waals surface area contributed by atoms with Gasteiger partial charge in [-0.3, -0.25) is 0 Å². The highest BCUT2D eigenvalue weighted by atomic mass is 79.9. The van der Waals surface area contributed by atoms with Gasteiger partial charge in [0.15, 0.2) is 0 Å². The number of hydrogen-bond donors (Lipinski definition) is 0. The fourth-order valence-corrected chi connectivity index (χ4v) is 3.17. The van der Waals surface area contributed by atoms with Crippen LogP contribution >= 0.6 is 31.9 Å². The van der Waals surface area contributed by atoms with Crippen LogP contribution < -0.4 is 0 Å². The lowest BCUT2D eigenvalue weighted by Gasteiger charge is -2.08. The van der Waals surface area contributed by atoms with Gasteiger partial charge in [-0.05, 0) is 59.5 Å². The Morgan fingerprint density at radius 1 is 1.28 bits per heavy atom. The minimum atomic E-state index is 0.864. The number of nitrogens with zero attached hydrogens (tertiary/aromatic N) is 2. The van der Waals surface area contributed by atoms with Crippen LogP contribution in [0, 0.1) is 13.8 Å². The molecule has 1 aromatic heterocycles. The predicted molar refractivity (Wildman–Crippen MR) is 82.7 cm³/mol. The summed E-state index contributed by atoms with van der Waals surface area (Å²) in [4.78, 5) is 0. The van der Waals surface area contributed by atoms with Crippen molar-refractivity contribution in [1.82, 2.24) is 9.78 Å². The maximum atomic E-state index is 4.64. The van der Waals surface area contributed by atoms with Crippen LogP contribution in [0.5, 0.6) is 0 Å². The molecule has 0 unspecified atom stereocenters. The largest absolute Gasteiger partial charge is 0.236 e. The highest BCUT2D eigenvalue weighted by molar-refractivity contribution is 9.10. The molecule has 0 aliphatic rings. The molecule has 0 saturated carbocycles. The van der Waals surface area contributed by atoms with Crippen molar-refractivity contribution in [2.45, 2.75) is 32.5 Å². The van der Waals surface area contributed by atoms with Crippen molar-refractivity contribution in [3.05, 3.63) is 45.2 Å². The van der Waals surface area contributed by atoms with Crippen LogP contribution in [0.4, 0.5) is 0 Å². The third kappa shape index (κ3) is 2.41. The zero-order valence-corrected chi connectivity index (χ0v) is 14.0. The summed E-state index contributed by atoms with van der Waals surface area (Å²) in [7, 11) is 0. The lowest BCUT2D eigenvalue weighted by atomic mass is 10.1. The van der Waals surface area contributed by atoms with Crippen molar-refractivity contribution in [2.24, 2.45) is 0 Å². The highest BCUT2D eigenvalue weighted by Gasteiger charge is 2.13. The van der Waals surface area contributed by atoms with Gasteiger partial charge in [-0.25, -0.2) is 4.68 Å². The molecule has 0 aliphatic heterocycles. The van der Waals surface area contributed by atoms with E-state index in [1.807, 2.05) is 4.68 Å². The van der Waals surface area contributed by atoms with Crippen molar-refractivity contribution >= 4 is 31.9 Å². The SMILES string of the molecule is CCc1c(C)nn(-c2ccc(CBr)cc2Br)c1C. The molecular formula is C14H16Br2N2. The Morgan fingerprint density at radius 3 is 2.50 bits per heavy atom. The Bertz CT molecular complexity index is 573. The minimum absolute atomic E-state index is 0.864. The summed E-state index contributed by atoms with van der Waals surface area (Å²) in [6.45, 7) is 6.37. The van der Waals surface area contributed by atoms with Crippen LogP contribution in [0.1, 0.15) is 29.4 Å². The Hall–Kier alpha value is -0.610. The molecule has 2 aromatic rings. The summed E-state index contributed by atoms with van der Waals surface area (Å²) in [6.07, 6.45) is 1.02. The summed E-state index contributed by atoms with van der Waals surface area (Å²) < 4.78 is 3.10. The van der Waals surface area contributed by atoms with Gasteiger partial charge in [0, 0.05) is 15.5 Å². The van der Waals surface area contributed by atoms with Gasteiger partial charge in [-0.2, -0.15) is 5.10 Å². The zero-order chi connectivity index (χ0) is 13.3. The molecule has 0 saturated heterocycles. The van der Waals surface area contributed by atoms with Crippen LogP contribution in [-0.2, 0) is 11.8 Å². The van der Waals surface area contributed by atoms with Crippen LogP contribution in [-0.4, -0.2) is 9.78 Å². The smallest absolute Gasteiger partial charge is 0.0791 e. The number of aryl methyl sites for hydroxylation is 1. The van der Waals surface area contributed by atoms with E-state index in [0.29, 0.717) is 0 Å². The molecule has 0 spiro atoms. The molecule has 0 fully saturated rings. The topological polar surface area (TPSA) is 17.8 Å². The van der Waals surface area contributed by atoms with E-state index in [0.717, 1.165) is 27.6 Å². The fourth-order valence-electron chi connectivity index (χ4n) is 2.23. The third-order valence-electron chi connectivity index (χ3n) is 3.19. The molecular weight excluding hydrogens is 356 g/mol. The van der Waals surface area contributed by atoms with E-state index >= 15 is 0 Å². The molecule has 18 heavy (non-hydrogen) atoms. The summed E-state index contributed by atoms with van der Waals surface area (Å²) in [6, 6.07) is 6.36. The molecule has 0 atom stereocenters. The second kappa shape index (κ2) is 5.57. The number of alkyl halides is 1. The zero-order valence-electron chi connectivity index (χ0n) is 10.8. The summed E-state index contributed by atoms with van der Waals surface area (Å²) in [5.74, 6) is 0. The highest BCUT2D eigenvalue weighted by Crippen LogP contribution is 2.26. The standard InChI is InChI=1S/C14H16Br2N2/c1-4-12-9(2)17-18(10(12)3)14-6-5-11(8-15)7-13(14)16/h5-7H,4,8H2,1-3H3. The normalized spacial score (nSPS) is 10.9. The molecule has 0 amide bonds. The average Bonchev–Trinajstić information content (AvgIpc) is 2.64. The maximum Gasteiger partial charge on any atom is 0.0791 e. The van der Waals surface area contributed by atoms with Crippen LogP contribution in [0.25, 0.3) is 5.69 Å². The second-order valence-electron chi connectivity index (χ2n) is 4.33. The number of hydrogen-bond acceptors (Lipinski definition) is 1.